The largest absolute Gasteiger partial charge is 0.480 e. The number of aliphatic carboxylic acids is 1. The van der Waals surface area contributed by atoms with Gasteiger partial charge in [-0.1, -0.05) is 6.07 Å². The van der Waals surface area contributed by atoms with Crippen molar-refractivity contribution in [3.05, 3.63) is 30.1 Å². The molecule has 1 amide bonds. The fraction of sp³-hybridized carbons (Fsp3) is 0.500. The van der Waals surface area contributed by atoms with Crippen molar-refractivity contribution in [3.8, 4) is 0 Å². The summed E-state index contributed by atoms with van der Waals surface area (Å²) in [7, 11) is 0. The molecular weight excluding hydrogens is 260 g/mol. The molecular formula is C14H18N2O4. The second-order valence-electron chi connectivity index (χ2n) is 5.20. The van der Waals surface area contributed by atoms with E-state index in [1.807, 2.05) is 25.1 Å². The number of nitrogens with zero attached hydrogens (tertiary/aromatic N) is 2. The summed E-state index contributed by atoms with van der Waals surface area (Å²) in [6, 6.07) is 5.63. The predicted octanol–water partition coefficient (Wildman–Crippen LogP) is 0.716. The number of aryl methyl sites for hydroxylation is 1. The predicted molar refractivity (Wildman–Crippen MR) is 71.1 cm³/mol. The van der Waals surface area contributed by atoms with Crippen LogP contribution >= 0.6 is 0 Å². The van der Waals surface area contributed by atoms with Crippen molar-refractivity contribution >= 4 is 11.9 Å². The number of aromatic nitrogens is 1. The third-order valence-electron chi connectivity index (χ3n) is 3.27. The molecule has 1 saturated heterocycles. The van der Waals surface area contributed by atoms with Crippen LogP contribution in [0.3, 0.4) is 0 Å². The van der Waals surface area contributed by atoms with E-state index in [9.17, 15) is 9.59 Å². The molecule has 1 aromatic heterocycles. The molecule has 0 atom stereocenters. The number of carbonyl (C=O) groups is 2. The summed E-state index contributed by atoms with van der Waals surface area (Å²) >= 11 is 0. The van der Waals surface area contributed by atoms with Gasteiger partial charge in [0.15, 0.2) is 0 Å². The van der Waals surface area contributed by atoms with Crippen LogP contribution in [0.25, 0.3) is 0 Å². The van der Waals surface area contributed by atoms with Crippen LogP contribution in [0.1, 0.15) is 19.0 Å². The maximum absolute atomic E-state index is 12.0. The number of ether oxygens (including phenoxy) is 1. The lowest BCUT2D eigenvalue weighted by Crippen LogP contribution is -2.63. The van der Waals surface area contributed by atoms with E-state index in [4.69, 9.17) is 9.84 Å². The molecule has 1 aliphatic heterocycles. The maximum atomic E-state index is 12.0. The Hall–Kier alpha value is -1.95. The molecule has 0 unspecified atom stereocenters. The summed E-state index contributed by atoms with van der Waals surface area (Å²) in [5, 5.41) is 8.57. The molecule has 0 spiro atoms. The van der Waals surface area contributed by atoms with Gasteiger partial charge in [-0.2, -0.15) is 0 Å². The van der Waals surface area contributed by atoms with Gasteiger partial charge in [0.25, 0.3) is 0 Å². The molecule has 1 N–H and O–H groups in total. The molecule has 0 aromatic carbocycles. The van der Waals surface area contributed by atoms with E-state index in [0.717, 1.165) is 5.69 Å². The number of rotatable bonds is 6. The minimum atomic E-state index is -0.994. The van der Waals surface area contributed by atoms with Crippen molar-refractivity contribution in [2.24, 2.45) is 0 Å². The minimum Gasteiger partial charge on any atom is -0.480 e. The first-order valence-corrected chi connectivity index (χ1v) is 6.52. The summed E-state index contributed by atoms with van der Waals surface area (Å²) in [5.74, 6) is -0.946. The SMILES string of the molecule is CC1(OCC(=O)O)CN(C(=O)CCc2ccccn2)C1. The first-order valence-electron chi connectivity index (χ1n) is 6.52. The number of amides is 1. The van der Waals surface area contributed by atoms with Gasteiger partial charge in [0.05, 0.1) is 13.1 Å². The molecule has 108 valence electrons. The van der Waals surface area contributed by atoms with Crippen LogP contribution < -0.4 is 0 Å². The quantitative estimate of drug-likeness (QED) is 0.829. The third kappa shape index (κ3) is 3.77. The van der Waals surface area contributed by atoms with Crippen LogP contribution in [0, 0.1) is 0 Å². The molecule has 2 heterocycles. The number of hydrogen-bond acceptors (Lipinski definition) is 4. The van der Waals surface area contributed by atoms with Gasteiger partial charge in [-0.25, -0.2) is 4.79 Å². The lowest BCUT2D eigenvalue weighted by molar-refractivity contribution is -0.173. The average molecular weight is 278 g/mol. The van der Waals surface area contributed by atoms with E-state index in [-0.39, 0.29) is 12.5 Å². The lowest BCUT2D eigenvalue weighted by atomic mass is 9.95. The summed E-state index contributed by atoms with van der Waals surface area (Å²) in [6.45, 7) is 2.38. The molecule has 0 aliphatic carbocycles. The Kier molecular flexibility index (Phi) is 4.34. The summed E-state index contributed by atoms with van der Waals surface area (Å²) < 4.78 is 5.26. The van der Waals surface area contributed by atoms with Gasteiger partial charge in [0.2, 0.25) is 5.91 Å². The summed E-state index contributed by atoms with van der Waals surface area (Å²) in [6.07, 6.45) is 2.73. The lowest BCUT2D eigenvalue weighted by Gasteiger charge is -2.47. The van der Waals surface area contributed by atoms with Crippen LogP contribution in [-0.4, -0.2) is 52.2 Å². The van der Waals surface area contributed by atoms with E-state index in [1.165, 1.54) is 0 Å². The van der Waals surface area contributed by atoms with Gasteiger partial charge in [0, 0.05) is 18.3 Å². The minimum absolute atomic E-state index is 0.0482. The maximum Gasteiger partial charge on any atom is 0.329 e. The Labute approximate surface area is 117 Å². The van der Waals surface area contributed by atoms with E-state index in [0.29, 0.717) is 25.9 Å². The van der Waals surface area contributed by atoms with E-state index in [1.54, 1.807) is 11.1 Å². The average Bonchev–Trinajstić information content (AvgIpc) is 2.40. The molecule has 1 fully saturated rings. The van der Waals surface area contributed by atoms with Crippen molar-refractivity contribution < 1.29 is 19.4 Å². The molecule has 2 rings (SSSR count). The first kappa shape index (κ1) is 14.5. The zero-order valence-electron chi connectivity index (χ0n) is 11.4. The molecule has 0 radical (unpaired) electrons. The number of pyridine rings is 1. The fourth-order valence-corrected chi connectivity index (χ4v) is 2.20. The van der Waals surface area contributed by atoms with Crippen LogP contribution in [0.5, 0.6) is 0 Å². The molecule has 1 aromatic rings. The van der Waals surface area contributed by atoms with Crippen molar-refractivity contribution in [2.45, 2.75) is 25.4 Å². The Balaban J connectivity index is 1.72. The second kappa shape index (κ2) is 6.00. The van der Waals surface area contributed by atoms with Crippen molar-refractivity contribution in [2.75, 3.05) is 19.7 Å². The molecule has 6 heteroatoms. The monoisotopic (exact) mass is 278 g/mol. The zero-order chi connectivity index (χ0) is 14.6. The fourth-order valence-electron chi connectivity index (χ4n) is 2.20. The number of carbonyl (C=O) groups excluding carboxylic acids is 1. The Bertz CT molecular complexity index is 483. The van der Waals surface area contributed by atoms with Crippen LogP contribution in [0.2, 0.25) is 0 Å². The Morgan fingerprint density at radius 1 is 1.45 bits per heavy atom. The molecule has 6 nitrogen and oxygen atoms in total. The highest BCUT2D eigenvalue weighted by Crippen LogP contribution is 2.25. The second-order valence-corrected chi connectivity index (χ2v) is 5.20. The number of hydrogen-bond donors (Lipinski definition) is 1. The van der Waals surface area contributed by atoms with E-state index in [2.05, 4.69) is 4.98 Å². The number of carboxylic acid groups (broad SMARTS) is 1. The number of carboxylic acids is 1. The molecule has 1 aliphatic rings. The first-order chi connectivity index (χ1) is 9.48. The van der Waals surface area contributed by atoms with Crippen molar-refractivity contribution in [3.63, 3.8) is 0 Å². The molecule has 0 bridgehead atoms. The third-order valence-corrected chi connectivity index (χ3v) is 3.27. The van der Waals surface area contributed by atoms with Crippen molar-refractivity contribution in [1.82, 2.24) is 9.88 Å². The van der Waals surface area contributed by atoms with E-state index < -0.39 is 11.6 Å². The van der Waals surface area contributed by atoms with E-state index >= 15 is 0 Å². The van der Waals surface area contributed by atoms with Gasteiger partial charge in [-0.3, -0.25) is 9.78 Å². The van der Waals surface area contributed by atoms with Crippen LogP contribution in [0.4, 0.5) is 0 Å². The highest BCUT2D eigenvalue weighted by molar-refractivity contribution is 5.77. The zero-order valence-corrected chi connectivity index (χ0v) is 11.4. The van der Waals surface area contributed by atoms with Gasteiger partial charge < -0.3 is 14.7 Å². The highest BCUT2D eigenvalue weighted by Gasteiger charge is 2.42. The Morgan fingerprint density at radius 2 is 2.20 bits per heavy atom. The Morgan fingerprint density at radius 3 is 2.80 bits per heavy atom. The van der Waals surface area contributed by atoms with Gasteiger partial charge in [0.1, 0.15) is 12.2 Å². The van der Waals surface area contributed by atoms with Gasteiger partial charge >= 0.3 is 5.97 Å². The molecule has 20 heavy (non-hydrogen) atoms. The topological polar surface area (TPSA) is 79.7 Å². The normalized spacial score (nSPS) is 16.6. The standard InChI is InChI=1S/C14H18N2O4/c1-14(20-8-13(18)19)9-16(10-14)12(17)6-5-11-4-2-3-7-15-11/h2-4,7H,5-6,8-10H2,1H3,(H,18,19). The van der Waals surface area contributed by atoms with Crippen molar-refractivity contribution in [1.29, 1.82) is 0 Å². The summed E-state index contributed by atoms with van der Waals surface area (Å²) in [5.41, 5.74) is 0.366. The summed E-state index contributed by atoms with van der Waals surface area (Å²) in [4.78, 5) is 28.3. The van der Waals surface area contributed by atoms with Crippen LogP contribution in [0.15, 0.2) is 24.4 Å². The number of likely N-dealkylation sites (tertiary alicyclic amines) is 1. The highest BCUT2D eigenvalue weighted by atomic mass is 16.5. The van der Waals surface area contributed by atoms with Gasteiger partial charge in [-0.05, 0) is 25.5 Å². The molecule has 0 saturated carbocycles. The van der Waals surface area contributed by atoms with Gasteiger partial charge in [-0.15, -0.1) is 0 Å². The van der Waals surface area contributed by atoms with Crippen LogP contribution in [-0.2, 0) is 20.7 Å². The smallest absolute Gasteiger partial charge is 0.329 e.